The number of imide groups is 1. The number of carbonyl (C=O) groups is 2. The smallest absolute Gasteiger partial charge is 0.0568 e. The van der Waals surface area contributed by atoms with Crippen LogP contribution < -0.4 is 0 Å². The van der Waals surface area contributed by atoms with Crippen molar-refractivity contribution < 1.29 is 30.7 Å². The molecule has 0 aromatic heterocycles. The molecule has 44 valence electrons. The first-order valence-electron chi connectivity index (χ1n) is 2.06. The van der Waals surface area contributed by atoms with E-state index in [-0.39, 0.29) is 32.9 Å². The van der Waals surface area contributed by atoms with Gasteiger partial charge >= 0.3 is 0 Å². The second kappa shape index (κ2) is 2.98. The van der Waals surface area contributed by atoms with Crippen LogP contribution in [0.2, 0.25) is 0 Å². The zero-order valence-corrected chi connectivity index (χ0v) is 7.02. The Morgan fingerprint density at radius 3 is 1.62 bits per heavy atom. The summed E-state index contributed by atoms with van der Waals surface area (Å²) in [7, 11) is 0. The molecule has 4 heteroatoms. The Hall–Kier alpha value is -0.172. The Labute approximate surface area is 61.1 Å². The number of amides is 2. The SMILES string of the molecule is O=C1CCC(=O)[N-]1.[W]. The predicted molar refractivity (Wildman–Crippen MR) is 22.6 cm³/mol. The van der Waals surface area contributed by atoms with E-state index < -0.39 is 0 Å². The van der Waals surface area contributed by atoms with Gasteiger partial charge in [-0.25, -0.2) is 0 Å². The zero-order chi connectivity index (χ0) is 5.28. The zero-order valence-electron chi connectivity index (χ0n) is 4.09. The molecule has 0 bridgehead atoms. The Morgan fingerprint density at radius 2 is 1.50 bits per heavy atom. The van der Waals surface area contributed by atoms with Gasteiger partial charge in [0.05, 0.1) is 11.8 Å². The van der Waals surface area contributed by atoms with Crippen LogP contribution in [-0.2, 0) is 30.7 Å². The molecule has 1 rings (SSSR count). The largest absolute Gasteiger partial charge is 0.596 e. The molecule has 0 spiro atoms. The van der Waals surface area contributed by atoms with E-state index in [2.05, 4.69) is 5.32 Å². The van der Waals surface area contributed by atoms with Crippen LogP contribution in [0, 0.1) is 0 Å². The number of carbonyl (C=O) groups excluding carboxylic acids is 2. The standard InChI is InChI=1S/C4H5NO2.W/c6-3-1-2-4(7)5-3;/h1-2H2,(H,5,6,7);/p-1. The van der Waals surface area contributed by atoms with Gasteiger partial charge in [0, 0.05) is 21.1 Å². The molecule has 0 saturated carbocycles. The number of rotatable bonds is 0. The van der Waals surface area contributed by atoms with Crippen molar-refractivity contribution >= 4 is 11.8 Å². The van der Waals surface area contributed by atoms with Gasteiger partial charge in [0.15, 0.2) is 0 Å². The second-order valence-corrected chi connectivity index (χ2v) is 1.40. The van der Waals surface area contributed by atoms with Gasteiger partial charge in [-0.2, -0.15) is 0 Å². The van der Waals surface area contributed by atoms with Crippen molar-refractivity contribution in [1.82, 2.24) is 0 Å². The Bertz CT molecular complexity index is 109. The van der Waals surface area contributed by atoms with E-state index in [1.54, 1.807) is 0 Å². The van der Waals surface area contributed by atoms with Gasteiger partial charge in [0.1, 0.15) is 0 Å². The molecule has 0 radical (unpaired) electrons. The van der Waals surface area contributed by atoms with E-state index in [4.69, 9.17) is 0 Å². The average Bonchev–Trinajstić information content (AvgIpc) is 1.87. The number of nitrogens with zero attached hydrogens (tertiary/aromatic N) is 1. The van der Waals surface area contributed by atoms with Gasteiger partial charge in [-0.3, -0.25) is 0 Å². The van der Waals surface area contributed by atoms with E-state index in [9.17, 15) is 9.59 Å². The van der Waals surface area contributed by atoms with Crippen LogP contribution >= 0.6 is 0 Å². The molecule has 0 N–H and O–H groups in total. The van der Waals surface area contributed by atoms with Crippen molar-refractivity contribution in [1.29, 1.82) is 0 Å². The van der Waals surface area contributed by atoms with Gasteiger partial charge in [0.25, 0.3) is 0 Å². The van der Waals surface area contributed by atoms with E-state index in [0.29, 0.717) is 12.8 Å². The molecule has 8 heavy (non-hydrogen) atoms. The topological polar surface area (TPSA) is 48.2 Å². The maximum absolute atomic E-state index is 10.1. The summed E-state index contributed by atoms with van der Waals surface area (Å²) in [6.45, 7) is 0. The van der Waals surface area contributed by atoms with E-state index >= 15 is 0 Å². The average molecular weight is 282 g/mol. The maximum atomic E-state index is 10.1. The fourth-order valence-electron chi connectivity index (χ4n) is 0.465. The molecule has 2 amide bonds. The third kappa shape index (κ3) is 1.74. The minimum atomic E-state index is -0.273. The van der Waals surface area contributed by atoms with E-state index in [1.165, 1.54) is 0 Å². The van der Waals surface area contributed by atoms with Crippen molar-refractivity contribution in [2.75, 3.05) is 0 Å². The molecular formula is C4H4NO2W-. The van der Waals surface area contributed by atoms with Crippen LogP contribution in [0.3, 0.4) is 0 Å². The van der Waals surface area contributed by atoms with Crippen molar-refractivity contribution in [2.24, 2.45) is 0 Å². The molecule has 1 fully saturated rings. The second-order valence-electron chi connectivity index (χ2n) is 1.40. The maximum Gasteiger partial charge on any atom is 0.0568 e. The Morgan fingerprint density at radius 1 is 1.12 bits per heavy atom. The first-order valence-corrected chi connectivity index (χ1v) is 2.06. The van der Waals surface area contributed by atoms with E-state index in [0.717, 1.165) is 0 Å². The van der Waals surface area contributed by atoms with Crippen LogP contribution in [0.1, 0.15) is 12.8 Å². The fraction of sp³-hybridized carbons (Fsp3) is 0.500. The number of hydrogen-bond acceptors (Lipinski definition) is 2. The molecule has 0 atom stereocenters. The monoisotopic (exact) mass is 282 g/mol. The third-order valence-electron chi connectivity index (χ3n) is 0.802. The van der Waals surface area contributed by atoms with Crippen LogP contribution in [0.5, 0.6) is 0 Å². The van der Waals surface area contributed by atoms with E-state index in [1.807, 2.05) is 0 Å². The minimum absolute atomic E-state index is 0. The molecular weight excluding hydrogens is 278 g/mol. The molecule has 0 aromatic rings. The van der Waals surface area contributed by atoms with Crippen molar-refractivity contribution in [3.8, 4) is 0 Å². The summed E-state index contributed by atoms with van der Waals surface area (Å²) < 4.78 is 0. The molecule has 1 heterocycles. The first kappa shape index (κ1) is 7.83. The van der Waals surface area contributed by atoms with Crippen LogP contribution in [0.4, 0.5) is 0 Å². The quantitative estimate of drug-likeness (QED) is 0.596. The summed E-state index contributed by atoms with van der Waals surface area (Å²) in [5.41, 5.74) is 0. The normalized spacial score (nSPS) is 17.5. The van der Waals surface area contributed by atoms with Crippen molar-refractivity contribution in [3.05, 3.63) is 5.32 Å². The van der Waals surface area contributed by atoms with Gasteiger partial charge < -0.3 is 14.9 Å². The van der Waals surface area contributed by atoms with Gasteiger partial charge in [-0.05, 0) is 12.8 Å². The summed E-state index contributed by atoms with van der Waals surface area (Å²) in [4.78, 5) is 20.1. The Kier molecular flexibility index (Phi) is 2.91. The minimum Gasteiger partial charge on any atom is -0.596 e. The van der Waals surface area contributed by atoms with Gasteiger partial charge in [0.2, 0.25) is 0 Å². The fourth-order valence-corrected chi connectivity index (χ4v) is 0.465. The first-order chi connectivity index (χ1) is 3.29. The van der Waals surface area contributed by atoms with Crippen molar-refractivity contribution in [3.63, 3.8) is 0 Å². The number of hydrogen-bond donors (Lipinski definition) is 0. The summed E-state index contributed by atoms with van der Waals surface area (Å²) in [5.74, 6) is -0.546. The van der Waals surface area contributed by atoms with Crippen LogP contribution in [0.25, 0.3) is 5.32 Å². The summed E-state index contributed by atoms with van der Waals surface area (Å²) in [6, 6.07) is 0. The summed E-state index contributed by atoms with van der Waals surface area (Å²) in [6.07, 6.45) is 0.637. The summed E-state index contributed by atoms with van der Waals surface area (Å²) >= 11 is 0. The summed E-state index contributed by atoms with van der Waals surface area (Å²) in [5, 5.41) is 3.11. The molecule has 1 aliphatic heterocycles. The predicted octanol–water partition coefficient (Wildman–Crippen LogP) is 0.205. The molecule has 0 unspecified atom stereocenters. The molecule has 3 nitrogen and oxygen atoms in total. The third-order valence-corrected chi connectivity index (χ3v) is 0.802. The van der Waals surface area contributed by atoms with Gasteiger partial charge in [-0.1, -0.05) is 0 Å². The van der Waals surface area contributed by atoms with Crippen LogP contribution in [-0.4, -0.2) is 11.8 Å². The van der Waals surface area contributed by atoms with Gasteiger partial charge in [-0.15, -0.1) is 0 Å². The molecule has 0 aromatic carbocycles. The Balaban J connectivity index is 0.000000490. The molecule has 1 aliphatic rings. The molecule has 1 saturated heterocycles. The van der Waals surface area contributed by atoms with Crippen molar-refractivity contribution in [2.45, 2.75) is 12.8 Å². The van der Waals surface area contributed by atoms with Crippen LogP contribution in [0.15, 0.2) is 0 Å². The molecule has 0 aliphatic carbocycles.